The zero-order valence-electron chi connectivity index (χ0n) is 74.5. The molecule has 7 heterocycles. The topological polar surface area (TPSA) is 148 Å². The Morgan fingerprint density at radius 1 is 0.213 bits per heavy atom. The van der Waals surface area contributed by atoms with E-state index in [4.69, 9.17) is 68.5 Å². The van der Waals surface area contributed by atoms with Crippen LogP contribution in [-0.4, -0.2) is 48.2 Å². The zero-order valence-corrected chi connectivity index (χ0v) is 75.3. The van der Waals surface area contributed by atoms with E-state index in [0.29, 0.717) is 40.0 Å². The molecule has 24 aromatic rings. The highest BCUT2D eigenvalue weighted by Crippen LogP contribution is 2.59. The van der Waals surface area contributed by atoms with E-state index in [0.717, 1.165) is 138 Å². The number of hydrogen-bond acceptors (Lipinski definition) is 12. The van der Waals surface area contributed by atoms with Crippen LogP contribution in [0.2, 0.25) is 5.02 Å². The van der Waals surface area contributed by atoms with Crippen LogP contribution < -0.4 is 5.46 Å². The zero-order chi connectivity index (χ0) is 91.0. The molecule has 0 N–H and O–H groups in total. The van der Waals surface area contributed by atoms with Gasteiger partial charge in [-0.1, -0.05) is 351 Å². The first-order chi connectivity index (χ1) is 66.8. The summed E-state index contributed by atoms with van der Waals surface area (Å²) >= 11 is 6.09. The van der Waals surface area contributed by atoms with Crippen LogP contribution in [0, 0.1) is 0 Å². The molecule has 646 valence electrons. The Kier molecular flexibility index (Phi) is 19.4. The van der Waals surface area contributed by atoms with Gasteiger partial charge in [0.05, 0.1) is 33.2 Å². The van der Waals surface area contributed by atoms with Crippen molar-refractivity contribution >= 4 is 112 Å². The fraction of sp³-hybridized carbons (Fsp3) is 0.0656. The minimum atomic E-state index is -0.540. The number of nitrogens with zero attached hydrogens (tertiary/aromatic N) is 6. The van der Waals surface area contributed by atoms with Crippen molar-refractivity contribution in [3.8, 4) is 102 Å². The SMILES string of the molecule is CC1(C)OB(c2ccc(C3(c4ccc5oc6ccccc6c5c4)c4ccccc4-c4ccccc43)cc2)OC1(C)C.Clc1ccc(-c2nc(-c3ccccc3)nc(-c3cccc4c3oc3ccccc34)n2)cc1.c1ccc(-c2nc(-c3ccc(-c4ccc(C5(c6ccc7oc8ccccc8c7c6)c6ccccc6-c6ccccc65)cc4)cc3)nc(-c3cccc4c3oc3ccccc34)n2)cc1. The maximum Gasteiger partial charge on any atom is 0.494 e. The van der Waals surface area contributed by atoms with Crippen molar-refractivity contribution in [2.24, 2.45) is 0 Å². The lowest BCUT2D eigenvalue weighted by atomic mass is 9.66. The van der Waals surface area contributed by atoms with Crippen molar-refractivity contribution in [1.29, 1.82) is 0 Å². The molecule has 0 radical (unpaired) electrons. The molecule has 0 bridgehead atoms. The molecule has 0 amide bonds. The number of para-hydroxylation sites is 6. The maximum absolute atomic E-state index is 6.43. The summed E-state index contributed by atoms with van der Waals surface area (Å²) in [6.07, 6.45) is 0. The molecule has 6 aromatic heterocycles. The van der Waals surface area contributed by atoms with E-state index in [9.17, 15) is 0 Å². The molecule has 0 saturated carbocycles. The molecule has 1 saturated heterocycles. The number of benzene rings is 18. The van der Waals surface area contributed by atoms with Crippen molar-refractivity contribution in [3.05, 3.63) is 474 Å². The summed E-state index contributed by atoms with van der Waals surface area (Å²) in [5.74, 6) is 3.51. The Hall–Kier alpha value is -16.5. The summed E-state index contributed by atoms with van der Waals surface area (Å²) in [4.78, 5) is 29.6. The van der Waals surface area contributed by atoms with E-state index >= 15 is 0 Å². The Labute approximate surface area is 789 Å². The standard InChI is InChI=1S/C58H35N3O2.C37H31BO3.C27H16ClN3O/c1-2-13-38(14-3-1)55-59-56(61-57(60-55)47-20-12-19-46-44-17-6-11-24-52(44)63-54(46)47)39-27-25-36(26-28-39)37-29-31-40(32-30-37)58(49-21-8-4-15-42(49)43-16-5-9-22-50(43)58)41-33-34-53-48(35-41)45-18-7-10-23-51(45)62-53;1-35(2)36(3,4)41-38(40-35)26-20-17-24(18-21-26)37(31-14-8-5-11-27(31)28-12-6-9-15-32(28)37)25-19-22-34-30(23-25)29-13-7-10-16-33(29)39-34;28-19-15-13-18(14-16-19)26-29-25(17-7-2-1-3-8-17)30-27(31-26)22-11-6-10-21-20-9-4-5-12-23(20)32-24(21)22/h1-35H;5-23H,1-4H3;1-16H. The van der Waals surface area contributed by atoms with Crippen LogP contribution in [0.4, 0.5) is 0 Å². The van der Waals surface area contributed by atoms with Gasteiger partial charge in [0.15, 0.2) is 34.9 Å². The first-order valence-electron chi connectivity index (χ1n) is 45.9. The average Bonchev–Trinajstić information content (AvgIpc) is 1.53. The average molecular weight is 1770 g/mol. The lowest BCUT2D eigenvalue weighted by Crippen LogP contribution is -2.41. The monoisotopic (exact) mass is 1770 g/mol. The fourth-order valence-electron chi connectivity index (χ4n) is 20.7. The summed E-state index contributed by atoms with van der Waals surface area (Å²) in [5, 5.41) is 9.37. The van der Waals surface area contributed by atoms with Gasteiger partial charge in [0, 0.05) is 70.4 Å². The Morgan fingerprint density at radius 3 is 0.875 bits per heavy atom. The van der Waals surface area contributed by atoms with Crippen LogP contribution in [0.15, 0.2) is 442 Å². The quantitative estimate of drug-likeness (QED) is 0.107. The molecule has 0 atom stereocenters. The van der Waals surface area contributed by atoms with Gasteiger partial charge in [0.25, 0.3) is 0 Å². The van der Waals surface area contributed by atoms with Gasteiger partial charge in [0.1, 0.15) is 44.7 Å². The van der Waals surface area contributed by atoms with Crippen LogP contribution in [0.3, 0.4) is 0 Å². The summed E-state index contributed by atoms with van der Waals surface area (Å²) in [6, 6.07) is 148. The summed E-state index contributed by atoms with van der Waals surface area (Å²) in [7, 11) is -0.401. The summed E-state index contributed by atoms with van der Waals surface area (Å²) in [5.41, 5.74) is 28.5. The van der Waals surface area contributed by atoms with E-state index in [1.54, 1.807) is 0 Å². The normalized spacial score (nSPS) is 14.1. The number of fused-ring (bicyclic) bond motifs is 18. The molecular weight excluding hydrogens is 1690 g/mol. The molecule has 1 aliphatic heterocycles. The highest BCUT2D eigenvalue weighted by Gasteiger charge is 2.53. The number of aromatic nitrogens is 6. The van der Waals surface area contributed by atoms with E-state index in [2.05, 4.69) is 282 Å². The first-order valence-corrected chi connectivity index (χ1v) is 46.2. The fourth-order valence-corrected chi connectivity index (χ4v) is 20.8. The maximum atomic E-state index is 6.43. The lowest BCUT2D eigenvalue weighted by molar-refractivity contribution is 0.00578. The number of halogens is 1. The van der Waals surface area contributed by atoms with Crippen LogP contribution in [-0.2, 0) is 20.1 Å². The highest BCUT2D eigenvalue weighted by molar-refractivity contribution is 6.62. The van der Waals surface area contributed by atoms with Crippen molar-refractivity contribution in [2.45, 2.75) is 49.7 Å². The molecule has 0 spiro atoms. The van der Waals surface area contributed by atoms with Crippen molar-refractivity contribution in [1.82, 2.24) is 29.9 Å². The van der Waals surface area contributed by atoms with Gasteiger partial charge in [0.2, 0.25) is 0 Å². The Bertz CT molecular complexity index is 8730. The summed E-state index contributed by atoms with van der Waals surface area (Å²) in [6.45, 7) is 8.38. The van der Waals surface area contributed by atoms with Crippen LogP contribution in [0.25, 0.3) is 189 Å². The van der Waals surface area contributed by atoms with E-state index < -0.39 is 17.9 Å². The highest BCUT2D eigenvalue weighted by atomic mass is 35.5. The predicted octanol–water partition coefficient (Wildman–Crippen LogP) is 30.4. The second-order valence-electron chi connectivity index (χ2n) is 36.1. The Morgan fingerprint density at radius 2 is 0.485 bits per heavy atom. The molecule has 18 aromatic carbocycles. The molecule has 3 aliphatic rings. The smallest absolute Gasteiger partial charge is 0.456 e. The molecule has 12 nitrogen and oxygen atoms in total. The van der Waals surface area contributed by atoms with E-state index in [-0.39, 0.29) is 11.2 Å². The third-order valence-electron chi connectivity index (χ3n) is 27.9. The molecule has 0 unspecified atom stereocenters. The van der Waals surface area contributed by atoms with Gasteiger partial charge in [-0.2, -0.15) is 0 Å². The third-order valence-corrected chi connectivity index (χ3v) is 28.2. The number of hydrogen-bond donors (Lipinski definition) is 0. The van der Waals surface area contributed by atoms with Crippen LogP contribution in [0.5, 0.6) is 0 Å². The van der Waals surface area contributed by atoms with Gasteiger partial charge in [-0.25, -0.2) is 29.9 Å². The molecule has 1 fully saturated rings. The minimum Gasteiger partial charge on any atom is -0.456 e. The number of furan rings is 4. The molecule has 2 aliphatic carbocycles. The molecular formula is C122H82BClN6O6. The van der Waals surface area contributed by atoms with Gasteiger partial charge >= 0.3 is 7.12 Å². The molecule has 14 heteroatoms. The van der Waals surface area contributed by atoms with Gasteiger partial charge < -0.3 is 27.0 Å². The second-order valence-corrected chi connectivity index (χ2v) is 36.5. The van der Waals surface area contributed by atoms with Gasteiger partial charge in [-0.15, -0.1) is 0 Å². The largest absolute Gasteiger partial charge is 0.494 e. The predicted molar refractivity (Wildman–Crippen MR) is 549 cm³/mol. The summed E-state index contributed by atoms with van der Waals surface area (Å²) < 4.78 is 38.0. The van der Waals surface area contributed by atoms with Crippen molar-refractivity contribution in [3.63, 3.8) is 0 Å². The number of rotatable bonds is 12. The van der Waals surface area contributed by atoms with E-state index in [1.165, 1.54) is 66.8 Å². The van der Waals surface area contributed by atoms with Crippen molar-refractivity contribution < 1.29 is 27.0 Å². The third kappa shape index (κ3) is 13.4. The van der Waals surface area contributed by atoms with Gasteiger partial charge in [-0.05, 0) is 196 Å². The minimum absolute atomic E-state index is 0.385. The van der Waals surface area contributed by atoms with Crippen molar-refractivity contribution in [2.75, 3.05) is 0 Å². The van der Waals surface area contributed by atoms with E-state index in [1.807, 2.05) is 170 Å². The van der Waals surface area contributed by atoms with Crippen LogP contribution >= 0.6 is 11.6 Å². The lowest BCUT2D eigenvalue weighted by Gasteiger charge is -2.34. The van der Waals surface area contributed by atoms with Crippen LogP contribution in [0.1, 0.15) is 72.2 Å². The molecule has 27 rings (SSSR count). The van der Waals surface area contributed by atoms with Gasteiger partial charge in [-0.3, -0.25) is 0 Å². The first kappa shape index (κ1) is 81.4. The molecule has 136 heavy (non-hydrogen) atoms. The second kappa shape index (κ2) is 32.4. The Balaban J connectivity index is 0.000000116.